The number of aliphatic hydroxyl groups excluding tert-OH is 1. The summed E-state index contributed by atoms with van der Waals surface area (Å²) in [6.07, 6.45) is 12.6. The quantitative estimate of drug-likeness (QED) is 0.690. The molecule has 0 heterocycles. The smallest absolute Gasteiger partial charge is 0.161 e. The molecule has 2 nitrogen and oxygen atoms in total. The molecule has 0 aliphatic heterocycles. The highest BCUT2D eigenvalue weighted by Gasteiger charge is 2.57. The Kier molecular flexibility index (Phi) is 2.83. The number of ketones is 1. The van der Waals surface area contributed by atoms with E-state index in [1.807, 2.05) is 6.08 Å². The fourth-order valence-electron chi connectivity index (χ4n) is 5.92. The first-order valence-corrected chi connectivity index (χ1v) is 8.55. The highest BCUT2D eigenvalue weighted by atomic mass is 16.3. The molecule has 0 bridgehead atoms. The van der Waals surface area contributed by atoms with Gasteiger partial charge in [0.2, 0.25) is 0 Å². The van der Waals surface area contributed by atoms with Gasteiger partial charge in [-0.1, -0.05) is 31.6 Å². The van der Waals surface area contributed by atoms with Gasteiger partial charge >= 0.3 is 0 Å². The minimum Gasteiger partial charge on any atom is -0.393 e. The molecule has 0 amide bonds. The summed E-state index contributed by atoms with van der Waals surface area (Å²) in [5.41, 5.74) is 1.64. The standard InChI is InChI=1S/C19H26O2/c1-18-9-7-13(20)11-12(18)3-4-14-15-5-6-17(21)19(15,2)10-8-16(14)18/h3,5-6,13-16,20H,4,7-11H2,1-2H3/t13-,14-,15?,16?,18-,19-/m0/s1. The molecule has 0 spiro atoms. The third-order valence-electron chi connectivity index (χ3n) is 7.35. The Morgan fingerprint density at radius 3 is 2.76 bits per heavy atom. The van der Waals surface area contributed by atoms with E-state index in [0.717, 1.165) is 32.1 Å². The van der Waals surface area contributed by atoms with Crippen LogP contribution in [-0.4, -0.2) is 17.0 Å². The van der Waals surface area contributed by atoms with E-state index in [1.165, 1.54) is 12.0 Å². The van der Waals surface area contributed by atoms with Crippen LogP contribution in [0.4, 0.5) is 0 Å². The largest absolute Gasteiger partial charge is 0.393 e. The summed E-state index contributed by atoms with van der Waals surface area (Å²) in [5.74, 6) is 2.10. The molecule has 1 N–H and O–H groups in total. The average molecular weight is 286 g/mol. The number of aliphatic hydroxyl groups is 1. The fraction of sp³-hybridized carbons (Fsp3) is 0.737. The lowest BCUT2D eigenvalue weighted by Gasteiger charge is -2.56. The SMILES string of the molecule is C[C@]12CC[C@H](O)CC1=CC[C@@H]1C2CC[C@]2(C)C(=O)C=CC12. The summed E-state index contributed by atoms with van der Waals surface area (Å²) in [7, 11) is 0. The van der Waals surface area contributed by atoms with Crippen molar-refractivity contribution in [3.05, 3.63) is 23.8 Å². The van der Waals surface area contributed by atoms with E-state index < -0.39 is 0 Å². The molecule has 114 valence electrons. The fourth-order valence-corrected chi connectivity index (χ4v) is 5.92. The molecular weight excluding hydrogens is 260 g/mol. The minimum absolute atomic E-state index is 0.128. The maximum Gasteiger partial charge on any atom is 0.161 e. The van der Waals surface area contributed by atoms with Gasteiger partial charge in [0.1, 0.15) is 0 Å². The molecule has 2 unspecified atom stereocenters. The van der Waals surface area contributed by atoms with E-state index in [2.05, 4.69) is 26.0 Å². The van der Waals surface area contributed by atoms with Gasteiger partial charge in [-0.2, -0.15) is 0 Å². The summed E-state index contributed by atoms with van der Waals surface area (Å²) in [4.78, 5) is 12.3. The van der Waals surface area contributed by atoms with E-state index in [1.54, 1.807) is 0 Å². The van der Waals surface area contributed by atoms with Crippen molar-refractivity contribution < 1.29 is 9.90 Å². The van der Waals surface area contributed by atoms with E-state index in [9.17, 15) is 9.90 Å². The molecule has 6 atom stereocenters. The number of fused-ring (bicyclic) bond motifs is 5. The van der Waals surface area contributed by atoms with Crippen molar-refractivity contribution in [2.24, 2.45) is 28.6 Å². The van der Waals surface area contributed by atoms with Crippen LogP contribution in [0.25, 0.3) is 0 Å². The Labute approximate surface area is 127 Å². The van der Waals surface area contributed by atoms with Crippen LogP contribution in [0.3, 0.4) is 0 Å². The number of rotatable bonds is 0. The van der Waals surface area contributed by atoms with E-state index >= 15 is 0 Å². The molecule has 2 fully saturated rings. The number of hydrogen-bond donors (Lipinski definition) is 1. The average Bonchev–Trinajstić information content (AvgIpc) is 2.76. The van der Waals surface area contributed by atoms with Crippen LogP contribution < -0.4 is 0 Å². The molecule has 0 saturated heterocycles. The second-order valence-electron chi connectivity index (χ2n) is 8.25. The summed E-state index contributed by atoms with van der Waals surface area (Å²) in [5, 5.41) is 9.99. The van der Waals surface area contributed by atoms with Crippen LogP contribution in [-0.2, 0) is 4.79 Å². The van der Waals surface area contributed by atoms with Gasteiger partial charge in [-0.05, 0) is 67.8 Å². The predicted molar refractivity (Wildman–Crippen MR) is 82.6 cm³/mol. The Balaban J connectivity index is 1.71. The highest BCUT2D eigenvalue weighted by molar-refractivity contribution is 5.97. The van der Waals surface area contributed by atoms with Crippen molar-refractivity contribution >= 4 is 5.78 Å². The summed E-state index contributed by atoms with van der Waals surface area (Å²) in [6.45, 7) is 4.60. The molecular formula is C19H26O2. The zero-order valence-corrected chi connectivity index (χ0v) is 13.1. The van der Waals surface area contributed by atoms with Gasteiger partial charge in [0.05, 0.1) is 6.10 Å². The van der Waals surface area contributed by atoms with Crippen LogP contribution in [0.1, 0.15) is 52.4 Å². The molecule has 4 aliphatic carbocycles. The lowest BCUT2D eigenvalue weighted by Crippen LogP contribution is -2.50. The second kappa shape index (κ2) is 4.32. The van der Waals surface area contributed by atoms with Crippen LogP contribution in [0.2, 0.25) is 0 Å². The van der Waals surface area contributed by atoms with Crippen molar-refractivity contribution in [2.45, 2.75) is 58.5 Å². The Morgan fingerprint density at radius 2 is 1.95 bits per heavy atom. The zero-order valence-electron chi connectivity index (χ0n) is 13.1. The first-order chi connectivity index (χ1) is 9.95. The number of carbonyl (C=O) groups excluding carboxylic acids is 1. The van der Waals surface area contributed by atoms with Crippen molar-refractivity contribution in [3.8, 4) is 0 Å². The van der Waals surface area contributed by atoms with Gasteiger partial charge in [-0.15, -0.1) is 0 Å². The van der Waals surface area contributed by atoms with Gasteiger partial charge in [-0.25, -0.2) is 0 Å². The number of carbonyl (C=O) groups is 1. The molecule has 0 radical (unpaired) electrons. The highest BCUT2D eigenvalue weighted by Crippen LogP contribution is 2.62. The van der Waals surface area contributed by atoms with Gasteiger partial charge in [0, 0.05) is 5.41 Å². The van der Waals surface area contributed by atoms with Crippen molar-refractivity contribution in [3.63, 3.8) is 0 Å². The number of hydrogen-bond acceptors (Lipinski definition) is 2. The minimum atomic E-state index is -0.136. The molecule has 0 aromatic carbocycles. The summed E-state index contributed by atoms with van der Waals surface area (Å²) >= 11 is 0. The maximum atomic E-state index is 12.3. The van der Waals surface area contributed by atoms with Gasteiger partial charge in [-0.3, -0.25) is 4.79 Å². The maximum absolute atomic E-state index is 12.3. The Bertz CT molecular complexity index is 546. The Morgan fingerprint density at radius 1 is 1.19 bits per heavy atom. The summed E-state index contributed by atoms with van der Waals surface area (Å²) < 4.78 is 0. The molecule has 21 heavy (non-hydrogen) atoms. The second-order valence-corrected chi connectivity index (χ2v) is 8.25. The third kappa shape index (κ3) is 1.72. The molecule has 2 heteroatoms. The first kappa shape index (κ1) is 13.8. The molecule has 0 aromatic rings. The van der Waals surface area contributed by atoms with Crippen LogP contribution in [0.5, 0.6) is 0 Å². The molecule has 4 rings (SSSR count). The molecule has 0 aromatic heterocycles. The van der Waals surface area contributed by atoms with Crippen molar-refractivity contribution in [1.29, 1.82) is 0 Å². The van der Waals surface area contributed by atoms with Gasteiger partial charge in [0.15, 0.2) is 5.78 Å². The van der Waals surface area contributed by atoms with E-state index in [0.29, 0.717) is 23.5 Å². The topological polar surface area (TPSA) is 37.3 Å². The summed E-state index contributed by atoms with van der Waals surface area (Å²) in [6, 6.07) is 0. The lowest BCUT2D eigenvalue weighted by molar-refractivity contribution is -0.129. The van der Waals surface area contributed by atoms with Gasteiger partial charge in [0.25, 0.3) is 0 Å². The van der Waals surface area contributed by atoms with Crippen LogP contribution in [0, 0.1) is 28.6 Å². The lowest BCUT2D eigenvalue weighted by atomic mass is 9.48. The molecule has 2 saturated carbocycles. The van der Waals surface area contributed by atoms with Gasteiger partial charge < -0.3 is 5.11 Å². The third-order valence-corrected chi connectivity index (χ3v) is 7.35. The van der Waals surface area contributed by atoms with E-state index in [4.69, 9.17) is 0 Å². The zero-order chi connectivity index (χ0) is 14.8. The molecule has 4 aliphatic rings. The van der Waals surface area contributed by atoms with Crippen molar-refractivity contribution in [1.82, 2.24) is 0 Å². The number of allylic oxidation sites excluding steroid dienone is 3. The van der Waals surface area contributed by atoms with Crippen LogP contribution in [0.15, 0.2) is 23.8 Å². The van der Waals surface area contributed by atoms with Crippen LogP contribution >= 0.6 is 0 Å². The van der Waals surface area contributed by atoms with Crippen molar-refractivity contribution in [2.75, 3.05) is 0 Å². The van der Waals surface area contributed by atoms with E-state index in [-0.39, 0.29) is 16.9 Å². The Hall–Kier alpha value is -0.890. The monoisotopic (exact) mass is 286 g/mol. The normalized spacial score (nSPS) is 52.0. The first-order valence-electron chi connectivity index (χ1n) is 8.55. The predicted octanol–water partition coefficient (Wildman–Crippen LogP) is 3.66.